The van der Waals surface area contributed by atoms with Gasteiger partial charge in [0.25, 0.3) is 0 Å². The van der Waals surface area contributed by atoms with Crippen molar-refractivity contribution in [3.05, 3.63) is 144 Å². The first kappa shape index (κ1) is 25.6. The van der Waals surface area contributed by atoms with Gasteiger partial charge in [0.1, 0.15) is 0 Å². The van der Waals surface area contributed by atoms with E-state index in [4.69, 9.17) is 9.98 Å². The van der Waals surface area contributed by atoms with Crippen LogP contribution in [-0.4, -0.2) is 22.4 Å². The topological polar surface area (TPSA) is 50.5 Å². The lowest BCUT2D eigenvalue weighted by atomic mass is 10.1. The Labute approximate surface area is 232 Å². The van der Waals surface area contributed by atoms with Crippen LogP contribution in [0.4, 0.5) is 11.4 Å². The Balaban J connectivity index is 1.27. The van der Waals surface area contributed by atoms with Crippen molar-refractivity contribution in [1.29, 1.82) is 0 Å². The maximum absolute atomic E-state index is 4.71. The summed E-state index contributed by atoms with van der Waals surface area (Å²) in [5.74, 6) is 1.73. The molecule has 186 valence electrons. The average molecular weight is 531 g/mol. The zero-order valence-corrected chi connectivity index (χ0v) is 22.4. The van der Waals surface area contributed by atoms with E-state index in [1.165, 1.54) is 11.1 Å². The van der Waals surface area contributed by atoms with Crippen LogP contribution in [0.5, 0.6) is 0 Å². The van der Waals surface area contributed by atoms with Gasteiger partial charge in [-0.05, 0) is 59.7 Å². The molecule has 5 rings (SSSR count). The molecule has 0 aliphatic rings. The monoisotopic (exact) mass is 530 g/mol. The summed E-state index contributed by atoms with van der Waals surface area (Å²) in [6.45, 7) is 0. The maximum atomic E-state index is 4.71. The van der Waals surface area contributed by atoms with E-state index in [-0.39, 0.29) is 0 Å². The number of aromatic nitrogens is 2. The molecule has 0 radical (unpaired) electrons. The molecule has 3 aromatic carbocycles. The van der Waals surface area contributed by atoms with Gasteiger partial charge in [0, 0.05) is 33.7 Å². The Hall–Kier alpha value is -4.00. The van der Waals surface area contributed by atoms with Crippen molar-refractivity contribution in [3.63, 3.8) is 0 Å². The molecule has 0 aliphatic heterocycles. The second kappa shape index (κ2) is 13.5. The molecule has 6 heteroatoms. The van der Waals surface area contributed by atoms with Crippen LogP contribution < -0.4 is 0 Å². The Morgan fingerprint density at radius 1 is 0.500 bits per heavy atom. The average Bonchev–Trinajstić information content (AvgIpc) is 2.99. The Bertz CT molecular complexity index is 1400. The first-order chi connectivity index (χ1) is 18.8. The first-order valence-corrected chi connectivity index (χ1v) is 14.2. The molecule has 38 heavy (non-hydrogen) atoms. The molecule has 2 aromatic heterocycles. The third-order valence-corrected chi connectivity index (χ3v) is 7.89. The lowest BCUT2D eigenvalue weighted by molar-refractivity contribution is 1.26. The quantitative estimate of drug-likeness (QED) is 0.134. The third kappa shape index (κ3) is 7.28. The lowest BCUT2D eigenvalue weighted by Crippen LogP contribution is -1.91. The molecule has 2 heterocycles. The van der Waals surface area contributed by atoms with Gasteiger partial charge >= 0.3 is 0 Å². The van der Waals surface area contributed by atoms with Crippen molar-refractivity contribution in [1.82, 2.24) is 9.97 Å². The zero-order valence-electron chi connectivity index (χ0n) is 20.7. The van der Waals surface area contributed by atoms with Gasteiger partial charge in [-0.3, -0.25) is 20.0 Å². The number of hydrogen-bond acceptors (Lipinski definition) is 6. The maximum Gasteiger partial charge on any atom is 0.0812 e. The van der Waals surface area contributed by atoms with Crippen molar-refractivity contribution < 1.29 is 0 Å². The molecule has 5 aromatic rings. The summed E-state index contributed by atoms with van der Waals surface area (Å²) in [6.07, 6.45) is 7.19. The fourth-order valence-corrected chi connectivity index (χ4v) is 5.77. The van der Waals surface area contributed by atoms with Crippen LogP contribution in [0.2, 0.25) is 0 Å². The minimum absolute atomic E-state index is 0.847. The first-order valence-electron chi connectivity index (χ1n) is 12.3. The fourth-order valence-electron chi connectivity index (χ4n) is 3.70. The molecule has 4 nitrogen and oxygen atoms in total. The zero-order chi connectivity index (χ0) is 25.8. The lowest BCUT2D eigenvalue weighted by Gasteiger charge is -2.11. The standard InChI is InChI=1S/C32H26N4S2/c1-2-12-26(24-38-32-18-6-4-16-30(32)36-22-28-14-8-10-20-34-28)25(11-1)23-37-31-17-5-3-15-29(31)35-21-27-13-7-9-19-33-27/h1-22H,23-24H2/b35-21-,36-22-. The van der Waals surface area contributed by atoms with Crippen molar-refractivity contribution in [2.75, 3.05) is 0 Å². The van der Waals surface area contributed by atoms with Gasteiger partial charge < -0.3 is 0 Å². The van der Waals surface area contributed by atoms with E-state index >= 15 is 0 Å². The van der Waals surface area contributed by atoms with Crippen molar-refractivity contribution in [3.8, 4) is 0 Å². The van der Waals surface area contributed by atoms with Gasteiger partial charge in [-0.25, -0.2) is 0 Å². The summed E-state index contributed by atoms with van der Waals surface area (Å²) in [5.41, 5.74) is 6.24. The summed E-state index contributed by atoms with van der Waals surface area (Å²) < 4.78 is 0. The summed E-state index contributed by atoms with van der Waals surface area (Å²) in [6, 6.07) is 36.8. The number of rotatable bonds is 10. The highest BCUT2D eigenvalue weighted by Gasteiger charge is 2.08. The van der Waals surface area contributed by atoms with Gasteiger partial charge in [0.2, 0.25) is 0 Å². The van der Waals surface area contributed by atoms with E-state index in [9.17, 15) is 0 Å². The molecular weight excluding hydrogens is 505 g/mol. The van der Waals surface area contributed by atoms with E-state index < -0.39 is 0 Å². The minimum Gasteiger partial charge on any atom is -0.255 e. The molecule has 0 aliphatic carbocycles. The highest BCUT2D eigenvalue weighted by molar-refractivity contribution is 7.99. The smallest absolute Gasteiger partial charge is 0.0812 e. The van der Waals surface area contributed by atoms with Crippen molar-refractivity contribution in [2.24, 2.45) is 9.98 Å². The van der Waals surface area contributed by atoms with E-state index in [1.54, 1.807) is 35.9 Å². The van der Waals surface area contributed by atoms with Crippen LogP contribution in [0, 0.1) is 0 Å². The van der Waals surface area contributed by atoms with E-state index in [1.807, 2.05) is 73.1 Å². The van der Waals surface area contributed by atoms with Gasteiger partial charge in [-0.2, -0.15) is 0 Å². The molecule has 0 spiro atoms. The molecule has 0 N–H and O–H groups in total. The molecule has 0 fully saturated rings. The van der Waals surface area contributed by atoms with E-state index in [0.717, 1.165) is 44.1 Å². The van der Waals surface area contributed by atoms with Gasteiger partial charge in [-0.1, -0.05) is 60.7 Å². The summed E-state index contributed by atoms with van der Waals surface area (Å²) in [4.78, 5) is 20.4. The number of pyridine rings is 2. The minimum atomic E-state index is 0.847. The molecule has 0 saturated carbocycles. The number of nitrogens with zero attached hydrogens (tertiary/aromatic N) is 4. The molecule has 0 atom stereocenters. The number of hydrogen-bond donors (Lipinski definition) is 0. The van der Waals surface area contributed by atoms with Gasteiger partial charge in [-0.15, -0.1) is 23.5 Å². The number of benzene rings is 3. The second-order valence-corrected chi connectivity index (χ2v) is 10.3. The Morgan fingerprint density at radius 2 is 0.921 bits per heavy atom. The Kier molecular flexibility index (Phi) is 9.12. The van der Waals surface area contributed by atoms with Crippen molar-refractivity contribution in [2.45, 2.75) is 21.3 Å². The van der Waals surface area contributed by atoms with Crippen LogP contribution in [0.25, 0.3) is 0 Å². The van der Waals surface area contributed by atoms with Crippen molar-refractivity contribution >= 4 is 47.3 Å². The largest absolute Gasteiger partial charge is 0.255 e. The highest BCUT2D eigenvalue weighted by Crippen LogP contribution is 2.35. The second-order valence-electron chi connectivity index (χ2n) is 8.31. The normalized spacial score (nSPS) is 11.4. The van der Waals surface area contributed by atoms with E-state index in [2.05, 4.69) is 58.5 Å². The molecule has 0 bridgehead atoms. The summed E-state index contributed by atoms with van der Waals surface area (Å²) >= 11 is 3.61. The number of aliphatic imine (C=N–C) groups is 2. The van der Waals surface area contributed by atoms with E-state index in [0.29, 0.717) is 0 Å². The van der Waals surface area contributed by atoms with Crippen LogP contribution in [0.3, 0.4) is 0 Å². The van der Waals surface area contributed by atoms with Crippen LogP contribution >= 0.6 is 23.5 Å². The molecule has 0 amide bonds. The molecule has 0 saturated heterocycles. The highest BCUT2D eigenvalue weighted by atomic mass is 32.2. The number of para-hydroxylation sites is 2. The Morgan fingerprint density at radius 3 is 1.37 bits per heavy atom. The SMILES string of the molecule is C(=N/c1ccccc1SCc1ccccc1CSc1ccccc1/N=C\c1ccccn1)/c1ccccn1. The third-order valence-electron chi connectivity index (χ3n) is 5.66. The molecular formula is C32H26N4S2. The predicted molar refractivity (Wildman–Crippen MR) is 161 cm³/mol. The fraction of sp³-hybridized carbons (Fsp3) is 0.0625. The van der Waals surface area contributed by atoms with Crippen LogP contribution in [0.15, 0.2) is 141 Å². The molecule has 0 unspecified atom stereocenters. The summed E-state index contributed by atoms with van der Waals surface area (Å²) in [5, 5.41) is 0. The predicted octanol–water partition coefficient (Wildman–Crippen LogP) is 8.56. The van der Waals surface area contributed by atoms with Gasteiger partial charge in [0.15, 0.2) is 0 Å². The van der Waals surface area contributed by atoms with Crippen LogP contribution in [-0.2, 0) is 11.5 Å². The van der Waals surface area contributed by atoms with Crippen LogP contribution in [0.1, 0.15) is 22.5 Å². The number of thioether (sulfide) groups is 2. The summed E-state index contributed by atoms with van der Waals surface area (Å²) in [7, 11) is 0. The van der Waals surface area contributed by atoms with Gasteiger partial charge in [0.05, 0.1) is 35.2 Å².